The first-order valence-corrected chi connectivity index (χ1v) is 7.56. The number of hydrogen-bond acceptors (Lipinski definition) is 2. The molecular weight excluding hydrogens is 306 g/mol. The number of aromatic nitrogens is 2. The van der Waals surface area contributed by atoms with E-state index in [2.05, 4.69) is 66.6 Å². The van der Waals surface area contributed by atoms with Crippen LogP contribution in [0.25, 0.3) is 5.69 Å². The summed E-state index contributed by atoms with van der Waals surface area (Å²) in [7, 11) is 0. The largest absolute Gasteiger partial charge is 0.309 e. The SMILES string of the molecule is Cc1ccc(CNCc2ccc(-n3ccnc3)cc2)cc1C.Cl. The van der Waals surface area contributed by atoms with Crippen LogP contribution in [0.3, 0.4) is 0 Å². The minimum absolute atomic E-state index is 0. The molecule has 0 spiro atoms. The third-order valence-corrected chi connectivity index (χ3v) is 3.97. The molecule has 0 aliphatic heterocycles. The van der Waals surface area contributed by atoms with Gasteiger partial charge in [0.1, 0.15) is 0 Å². The molecule has 2 aromatic carbocycles. The molecule has 0 atom stereocenters. The Morgan fingerprint density at radius 2 is 1.61 bits per heavy atom. The average molecular weight is 328 g/mol. The van der Waals surface area contributed by atoms with E-state index < -0.39 is 0 Å². The molecule has 4 heteroatoms. The van der Waals surface area contributed by atoms with E-state index in [-0.39, 0.29) is 12.4 Å². The van der Waals surface area contributed by atoms with Crippen molar-refractivity contribution < 1.29 is 0 Å². The molecule has 0 radical (unpaired) electrons. The van der Waals surface area contributed by atoms with E-state index >= 15 is 0 Å². The molecule has 0 unspecified atom stereocenters. The Labute approximate surface area is 143 Å². The zero-order valence-electron chi connectivity index (χ0n) is 13.5. The molecule has 0 saturated carbocycles. The lowest BCUT2D eigenvalue weighted by atomic mass is 10.1. The third kappa shape index (κ3) is 4.44. The van der Waals surface area contributed by atoms with Gasteiger partial charge in [-0.3, -0.25) is 0 Å². The van der Waals surface area contributed by atoms with Crippen molar-refractivity contribution in [1.82, 2.24) is 14.9 Å². The van der Waals surface area contributed by atoms with Crippen LogP contribution in [0.15, 0.2) is 61.2 Å². The molecule has 1 N–H and O–H groups in total. The van der Waals surface area contributed by atoms with Gasteiger partial charge in [-0.05, 0) is 48.2 Å². The third-order valence-electron chi connectivity index (χ3n) is 3.97. The summed E-state index contributed by atoms with van der Waals surface area (Å²) < 4.78 is 2.01. The van der Waals surface area contributed by atoms with Gasteiger partial charge < -0.3 is 9.88 Å². The highest BCUT2D eigenvalue weighted by atomic mass is 35.5. The van der Waals surface area contributed by atoms with Gasteiger partial charge in [-0.15, -0.1) is 12.4 Å². The van der Waals surface area contributed by atoms with Crippen LogP contribution in [-0.4, -0.2) is 9.55 Å². The molecular formula is C19H22ClN3. The normalized spacial score (nSPS) is 10.3. The summed E-state index contributed by atoms with van der Waals surface area (Å²) >= 11 is 0. The number of rotatable bonds is 5. The van der Waals surface area contributed by atoms with Gasteiger partial charge in [0.05, 0.1) is 6.33 Å². The molecule has 1 aromatic heterocycles. The Bertz CT molecular complexity index is 734. The molecule has 23 heavy (non-hydrogen) atoms. The van der Waals surface area contributed by atoms with Crippen LogP contribution in [0.1, 0.15) is 22.3 Å². The van der Waals surface area contributed by atoms with Gasteiger partial charge in [-0.25, -0.2) is 4.98 Å². The van der Waals surface area contributed by atoms with Gasteiger partial charge in [-0.1, -0.05) is 30.3 Å². The maximum Gasteiger partial charge on any atom is 0.0991 e. The zero-order valence-corrected chi connectivity index (χ0v) is 14.3. The highest BCUT2D eigenvalue weighted by Crippen LogP contribution is 2.11. The van der Waals surface area contributed by atoms with Crippen LogP contribution in [0, 0.1) is 13.8 Å². The van der Waals surface area contributed by atoms with Gasteiger partial charge in [0.2, 0.25) is 0 Å². The molecule has 0 saturated heterocycles. The number of imidazole rings is 1. The standard InChI is InChI=1S/C19H21N3.ClH/c1-15-3-4-18(11-16(15)2)13-21-12-17-5-7-19(8-6-17)22-10-9-20-14-22;/h3-11,14,21H,12-13H2,1-2H3;1H. The fourth-order valence-electron chi connectivity index (χ4n) is 2.46. The fraction of sp³-hybridized carbons (Fsp3) is 0.211. The molecule has 0 amide bonds. The van der Waals surface area contributed by atoms with Crippen molar-refractivity contribution in [3.05, 3.63) is 83.4 Å². The molecule has 120 valence electrons. The molecule has 3 rings (SSSR count). The van der Waals surface area contributed by atoms with E-state index in [1.807, 2.05) is 17.1 Å². The zero-order chi connectivity index (χ0) is 15.4. The van der Waals surface area contributed by atoms with Crippen LogP contribution in [-0.2, 0) is 13.1 Å². The topological polar surface area (TPSA) is 29.9 Å². The van der Waals surface area contributed by atoms with Crippen LogP contribution in [0.2, 0.25) is 0 Å². The molecule has 0 aliphatic rings. The summed E-state index contributed by atoms with van der Waals surface area (Å²) in [6, 6.07) is 15.2. The first kappa shape index (κ1) is 17.3. The first-order valence-electron chi connectivity index (χ1n) is 7.56. The maximum atomic E-state index is 4.07. The molecule has 0 aliphatic carbocycles. The van der Waals surface area contributed by atoms with E-state index in [9.17, 15) is 0 Å². The number of halogens is 1. The lowest BCUT2D eigenvalue weighted by molar-refractivity contribution is 0.692. The van der Waals surface area contributed by atoms with E-state index in [4.69, 9.17) is 0 Å². The Morgan fingerprint density at radius 3 is 2.26 bits per heavy atom. The number of benzene rings is 2. The Hall–Kier alpha value is -2.10. The second-order valence-electron chi connectivity index (χ2n) is 5.66. The molecule has 1 heterocycles. The second-order valence-corrected chi connectivity index (χ2v) is 5.66. The summed E-state index contributed by atoms with van der Waals surface area (Å²) in [4.78, 5) is 4.07. The Morgan fingerprint density at radius 1 is 0.913 bits per heavy atom. The first-order chi connectivity index (χ1) is 10.7. The second kappa shape index (κ2) is 7.95. The Balaban J connectivity index is 0.00000192. The Kier molecular flexibility index (Phi) is 5.97. The van der Waals surface area contributed by atoms with E-state index in [0.717, 1.165) is 18.8 Å². The minimum atomic E-state index is 0. The van der Waals surface area contributed by atoms with Crippen molar-refractivity contribution in [2.75, 3.05) is 0 Å². The van der Waals surface area contributed by atoms with Gasteiger partial charge >= 0.3 is 0 Å². The van der Waals surface area contributed by atoms with Crippen LogP contribution >= 0.6 is 12.4 Å². The lowest BCUT2D eigenvalue weighted by Crippen LogP contribution is -2.12. The van der Waals surface area contributed by atoms with E-state index in [1.165, 1.54) is 22.3 Å². The van der Waals surface area contributed by atoms with Gasteiger partial charge in [0.25, 0.3) is 0 Å². The number of nitrogens with one attached hydrogen (secondary N) is 1. The highest BCUT2D eigenvalue weighted by molar-refractivity contribution is 5.85. The van der Waals surface area contributed by atoms with Crippen LogP contribution in [0.5, 0.6) is 0 Å². The van der Waals surface area contributed by atoms with Gasteiger partial charge in [-0.2, -0.15) is 0 Å². The molecule has 3 nitrogen and oxygen atoms in total. The number of nitrogens with zero attached hydrogens (tertiary/aromatic N) is 2. The molecule has 0 fully saturated rings. The van der Waals surface area contributed by atoms with Crippen molar-refractivity contribution in [3.8, 4) is 5.69 Å². The van der Waals surface area contributed by atoms with Crippen molar-refractivity contribution in [2.45, 2.75) is 26.9 Å². The summed E-state index contributed by atoms with van der Waals surface area (Å²) in [5.41, 5.74) is 6.45. The maximum absolute atomic E-state index is 4.07. The predicted octanol–water partition coefficient (Wildman–Crippen LogP) is 4.20. The number of hydrogen-bond donors (Lipinski definition) is 1. The summed E-state index contributed by atoms with van der Waals surface area (Å²) in [6.45, 7) is 6.07. The van der Waals surface area contributed by atoms with Crippen molar-refractivity contribution in [3.63, 3.8) is 0 Å². The number of aryl methyl sites for hydroxylation is 2. The van der Waals surface area contributed by atoms with Crippen molar-refractivity contribution in [2.24, 2.45) is 0 Å². The van der Waals surface area contributed by atoms with Gasteiger partial charge in [0, 0.05) is 31.2 Å². The summed E-state index contributed by atoms with van der Waals surface area (Å²) in [5, 5.41) is 3.50. The van der Waals surface area contributed by atoms with Gasteiger partial charge in [0.15, 0.2) is 0 Å². The van der Waals surface area contributed by atoms with E-state index in [1.54, 1.807) is 6.20 Å². The quantitative estimate of drug-likeness (QED) is 0.761. The van der Waals surface area contributed by atoms with Crippen molar-refractivity contribution >= 4 is 12.4 Å². The smallest absolute Gasteiger partial charge is 0.0991 e. The van der Waals surface area contributed by atoms with E-state index in [0.29, 0.717) is 0 Å². The molecule has 0 bridgehead atoms. The highest BCUT2D eigenvalue weighted by Gasteiger charge is 1.99. The van der Waals surface area contributed by atoms with Crippen LogP contribution in [0.4, 0.5) is 0 Å². The minimum Gasteiger partial charge on any atom is -0.309 e. The van der Waals surface area contributed by atoms with Crippen LogP contribution < -0.4 is 5.32 Å². The monoisotopic (exact) mass is 327 g/mol. The average Bonchev–Trinajstić information content (AvgIpc) is 3.06. The summed E-state index contributed by atoms with van der Waals surface area (Å²) in [5.74, 6) is 0. The predicted molar refractivity (Wildman–Crippen MR) is 97.3 cm³/mol. The fourth-order valence-corrected chi connectivity index (χ4v) is 2.46. The van der Waals surface area contributed by atoms with Crippen molar-refractivity contribution in [1.29, 1.82) is 0 Å². The summed E-state index contributed by atoms with van der Waals surface area (Å²) in [6.07, 6.45) is 5.55. The molecule has 3 aromatic rings. The lowest BCUT2D eigenvalue weighted by Gasteiger charge is -2.08.